The first kappa shape index (κ1) is 22.7. The summed E-state index contributed by atoms with van der Waals surface area (Å²) in [7, 11) is 1.42. The lowest BCUT2D eigenvalue weighted by molar-refractivity contribution is 0.104. The van der Waals surface area contributed by atoms with E-state index in [2.05, 4.69) is 6.58 Å². The van der Waals surface area contributed by atoms with Gasteiger partial charge in [-0.05, 0) is 49.8 Å². The van der Waals surface area contributed by atoms with Crippen LogP contribution in [-0.4, -0.2) is 36.4 Å². The summed E-state index contributed by atoms with van der Waals surface area (Å²) in [5.74, 6) is 0.306. The molecule has 0 aliphatic carbocycles. The summed E-state index contributed by atoms with van der Waals surface area (Å²) in [5, 5.41) is 10.7. The van der Waals surface area contributed by atoms with Crippen molar-refractivity contribution in [3.05, 3.63) is 71.8 Å². The summed E-state index contributed by atoms with van der Waals surface area (Å²) >= 11 is 0. The topological polar surface area (TPSA) is 91.3 Å². The van der Waals surface area contributed by atoms with Crippen molar-refractivity contribution in [2.45, 2.75) is 19.4 Å². The number of fused-ring (bicyclic) bond motifs is 1. The van der Waals surface area contributed by atoms with Gasteiger partial charge in [-0.2, -0.15) is 0 Å². The van der Waals surface area contributed by atoms with Gasteiger partial charge in [0.2, 0.25) is 0 Å². The lowest BCUT2D eigenvalue weighted by Gasteiger charge is -2.29. The van der Waals surface area contributed by atoms with E-state index in [0.29, 0.717) is 22.6 Å². The molecule has 32 heavy (non-hydrogen) atoms. The molecule has 0 saturated carbocycles. The normalized spacial score (nSPS) is 13.7. The standard InChI is InChI=1S/C25H24O7/c1-5-14-30-24(28)31-17-9-6-16(7-10-17)8-11-19(26)22-21(29-4)15-20-18(23(22)27)12-13-25(2,3)32-20/h5-13,15,27H,1,14H2,2-4H3. The second kappa shape index (κ2) is 9.43. The summed E-state index contributed by atoms with van der Waals surface area (Å²) in [6.45, 7) is 7.28. The lowest BCUT2D eigenvalue weighted by atomic mass is 9.97. The Morgan fingerprint density at radius 3 is 2.59 bits per heavy atom. The Kier molecular flexibility index (Phi) is 6.68. The maximum Gasteiger partial charge on any atom is 0.514 e. The molecule has 0 unspecified atom stereocenters. The molecule has 166 valence electrons. The fraction of sp³-hybridized carbons (Fsp3) is 0.200. The van der Waals surface area contributed by atoms with Gasteiger partial charge >= 0.3 is 6.16 Å². The van der Waals surface area contributed by atoms with Gasteiger partial charge in [-0.3, -0.25) is 4.79 Å². The molecule has 0 radical (unpaired) electrons. The van der Waals surface area contributed by atoms with Gasteiger partial charge in [-0.1, -0.05) is 30.9 Å². The maximum absolute atomic E-state index is 12.9. The number of ether oxygens (including phenoxy) is 4. The molecular formula is C25H24O7. The Hall–Kier alpha value is -4.00. The molecule has 2 aromatic rings. The third kappa shape index (κ3) is 5.18. The van der Waals surface area contributed by atoms with Crippen LogP contribution in [0, 0.1) is 0 Å². The van der Waals surface area contributed by atoms with E-state index in [-0.39, 0.29) is 23.7 Å². The summed E-state index contributed by atoms with van der Waals surface area (Å²) in [4.78, 5) is 24.3. The number of rotatable bonds is 7. The molecule has 0 fully saturated rings. The molecule has 0 atom stereocenters. The smallest absolute Gasteiger partial charge is 0.506 e. The number of hydrogen-bond donors (Lipinski definition) is 1. The van der Waals surface area contributed by atoms with Gasteiger partial charge in [0.1, 0.15) is 40.8 Å². The molecule has 7 heteroatoms. The number of phenolic OH excluding ortho intramolecular Hbond substituents is 1. The van der Waals surface area contributed by atoms with Gasteiger partial charge < -0.3 is 24.1 Å². The van der Waals surface area contributed by atoms with Crippen molar-refractivity contribution in [2.24, 2.45) is 0 Å². The van der Waals surface area contributed by atoms with Crippen molar-refractivity contribution in [3.63, 3.8) is 0 Å². The van der Waals surface area contributed by atoms with Gasteiger partial charge in [-0.25, -0.2) is 4.79 Å². The number of ketones is 1. The average molecular weight is 436 g/mol. The maximum atomic E-state index is 12.9. The zero-order valence-electron chi connectivity index (χ0n) is 18.1. The fourth-order valence-corrected chi connectivity index (χ4v) is 3.04. The number of phenols is 1. The predicted molar refractivity (Wildman–Crippen MR) is 120 cm³/mol. The van der Waals surface area contributed by atoms with E-state index < -0.39 is 17.5 Å². The summed E-state index contributed by atoms with van der Waals surface area (Å²) in [6.07, 6.45) is 7.05. The van der Waals surface area contributed by atoms with Crippen molar-refractivity contribution < 1.29 is 33.6 Å². The number of carbonyl (C=O) groups is 2. The molecule has 1 aliphatic heterocycles. The first-order valence-electron chi connectivity index (χ1n) is 9.84. The van der Waals surface area contributed by atoms with Crippen LogP contribution < -0.4 is 14.2 Å². The monoisotopic (exact) mass is 436 g/mol. The quantitative estimate of drug-likeness (QED) is 0.210. The first-order valence-corrected chi connectivity index (χ1v) is 9.84. The van der Waals surface area contributed by atoms with Crippen LogP contribution in [0.5, 0.6) is 23.0 Å². The SMILES string of the molecule is C=CCOC(=O)Oc1ccc(C=CC(=O)c2c(OC)cc3c(c2O)C=CC(C)(C)O3)cc1. The highest BCUT2D eigenvalue weighted by atomic mass is 16.7. The molecule has 0 saturated heterocycles. The molecular weight excluding hydrogens is 412 g/mol. The molecule has 2 aromatic carbocycles. The second-order valence-electron chi connectivity index (χ2n) is 7.47. The lowest BCUT2D eigenvalue weighted by Crippen LogP contribution is -2.27. The number of methoxy groups -OCH3 is 1. The third-order valence-electron chi connectivity index (χ3n) is 4.58. The zero-order valence-corrected chi connectivity index (χ0v) is 18.1. The molecule has 3 rings (SSSR count). The predicted octanol–water partition coefficient (Wildman–Crippen LogP) is 5.18. The largest absolute Gasteiger partial charge is 0.514 e. The van der Waals surface area contributed by atoms with Crippen LogP contribution in [0.25, 0.3) is 12.2 Å². The highest BCUT2D eigenvalue weighted by Gasteiger charge is 2.28. The van der Waals surface area contributed by atoms with Crippen LogP contribution in [0.15, 0.2) is 55.1 Å². The molecule has 0 amide bonds. The van der Waals surface area contributed by atoms with Crippen LogP contribution >= 0.6 is 0 Å². The molecule has 0 aromatic heterocycles. The van der Waals surface area contributed by atoms with E-state index in [1.54, 1.807) is 42.5 Å². The van der Waals surface area contributed by atoms with E-state index in [0.717, 1.165) is 0 Å². The Morgan fingerprint density at radius 2 is 1.94 bits per heavy atom. The van der Waals surface area contributed by atoms with Crippen LogP contribution in [0.4, 0.5) is 4.79 Å². The molecule has 0 spiro atoms. The van der Waals surface area contributed by atoms with E-state index in [1.165, 1.54) is 19.3 Å². The summed E-state index contributed by atoms with van der Waals surface area (Å²) in [6, 6.07) is 8.07. The second-order valence-corrected chi connectivity index (χ2v) is 7.47. The Bertz CT molecular complexity index is 1090. The Balaban J connectivity index is 1.78. The summed E-state index contributed by atoms with van der Waals surface area (Å²) in [5.41, 5.74) is 0.618. The van der Waals surface area contributed by atoms with Crippen molar-refractivity contribution in [2.75, 3.05) is 13.7 Å². The van der Waals surface area contributed by atoms with Gasteiger partial charge in [0, 0.05) is 6.07 Å². The fourth-order valence-electron chi connectivity index (χ4n) is 3.04. The van der Waals surface area contributed by atoms with Gasteiger partial charge in [0.25, 0.3) is 0 Å². The van der Waals surface area contributed by atoms with Crippen LogP contribution in [-0.2, 0) is 4.74 Å². The number of hydrogen-bond acceptors (Lipinski definition) is 7. The van der Waals surface area contributed by atoms with Crippen LogP contribution in [0.2, 0.25) is 0 Å². The van der Waals surface area contributed by atoms with Crippen molar-refractivity contribution in [3.8, 4) is 23.0 Å². The summed E-state index contributed by atoms with van der Waals surface area (Å²) < 4.78 is 21.0. The van der Waals surface area contributed by atoms with E-state index in [4.69, 9.17) is 18.9 Å². The zero-order chi connectivity index (χ0) is 23.3. The number of carbonyl (C=O) groups excluding carboxylic acids is 2. The number of allylic oxidation sites excluding steroid dienone is 1. The average Bonchev–Trinajstić information content (AvgIpc) is 2.76. The minimum atomic E-state index is -0.834. The minimum Gasteiger partial charge on any atom is -0.506 e. The van der Waals surface area contributed by atoms with E-state index >= 15 is 0 Å². The van der Waals surface area contributed by atoms with Crippen LogP contribution in [0.1, 0.15) is 35.3 Å². The minimum absolute atomic E-state index is 0.0420. The Morgan fingerprint density at radius 1 is 1.22 bits per heavy atom. The van der Waals surface area contributed by atoms with Gasteiger partial charge in [0.15, 0.2) is 5.78 Å². The number of aromatic hydroxyl groups is 1. The highest BCUT2D eigenvalue weighted by molar-refractivity contribution is 6.11. The molecule has 1 aliphatic rings. The van der Waals surface area contributed by atoms with Crippen molar-refractivity contribution >= 4 is 24.1 Å². The van der Waals surface area contributed by atoms with Crippen LogP contribution in [0.3, 0.4) is 0 Å². The molecule has 7 nitrogen and oxygen atoms in total. The van der Waals surface area contributed by atoms with Crippen molar-refractivity contribution in [1.29, 1.82) is 0 Å². The number of benzene rings is 2. The molecule has 0 bridgehead atoms. The third-order valence-corrected chi connectivity index (χ3v) is 4.58. The highest BCUT2D eigenvalue weighted by Crippen LogP contribution is 2.43. The van der Waals surface area contributed by atoms with Gasteiger partial charge in [-0.15, -0.1) is 0 Å². The van der Waals surface area contributed by atoms with Gasteiger partial charge in [0.05, 0.1) is 12.7 Å². The van der Waals surface area contributed by atoms with E-state index in [9.17, 15) is 14.7 Å². The van der Waals surface area contributed by atoms with E-state index in [1.807, 2.05) is 19.9 Å². The van der Waals surface area contributed by atoms with Crippen molar-refractivity contribution in [1.82, 2.24) is 0 Å². The molecule has 1 N–H and O–H groups in total. The first-order chi connectivity index (χ1) is 15.2. The molecule has 1 heterocycles. The Labute approximate surface area is 186 Å².